The van der Waals surface area contributed by atoms with E-state index in [2.05, 4.69) is 65.0 Å². The number of allylic oxidation sites excluding steroid dienone is 1. The summed E-state index contributed by atoms with van der Waals surface area (Å²) in [5, 5.41) is 16.7. The standard InChI is InChI=1S/C46H54ClN9O7S2/c1-46(2)14-12-34(40(29-46)32-4-6-35(47)7-5-32)31-54-18-20-55(21-19-54)36-8-10-39(43(27-36)63-37-26-33-13-15-50-44(33)51-30-37)45(57)52-65(61,62)38-9-11-41(42(28-38)56(58)59)49-16-17-53-22-24-64(60,48-3)25-23-53/h4-11,13,15,26-28,30,49H,12,14,16-25,29,31H2,1-3H3,(H,50,51)(H,52,57). The van der Waals surface area contributed by atoms with Crippen LogP contribution in [0.15, 0.2) is 100 Å². The highest BCUT2D eigenvalue weighted by Gasteiger charge is 2.31. The Balaban J connectivity index is 0.977. The number of pyridine rings is 1. The van der Waals surface area contributed by atoms with Gasteiger partial charge >= 0.3 is 0 Å². The van der Waals surface area contributed by atoms with Gasteiger partial charge in [-0.3, -0.25) is 24.7 Å². The summed E-state index contributed by atoms with van der Waals surface area (Å²) in [6.45, 7) is 10.6. The molecule has 344 valence electrons. The molecule has 3 N–H and O–H groups in total. The normalized spacial score (nSPS) is 18.1. The monoisotopic (exact) mass is 943 g/mol. The number of nitro benzene ring substituents is 1. The lowest BCUT2D eigenvalue weighted by molar-refractivity contribution is -0.384. The van der Waals surface area contributed by atoms with Crippen molar-refractivity contribution in [2.75, 3.05) is 87.7 Å². The van der Waals surface area contributed by atoms with Gasteiger partial charge in [0.05, 0.1) is 21.6 Å². The van der Waals surface area contributed by atoms with Crippen molar-refractivity contribution in [2.24, 2.45) is 9.78 Å². The zero-order valence-corrected chi connectivity index (χ0v) is 39.1. The molecule has 2 fully saturated rings. The zero-order valence-electron chi connectivity index (χ0n) is 36.7. The Morgan fingerprint density at radius 1 is 1.00 bits per heavy atom. The molecule has 3 aliphatic rings. The molecule has 0 radical (unpaired) electrons. The van der Waals surface area contributed by atoms with Gasteiger partial charge in [-0.05, 0) is 84.3 Å². The van der Waals surface area contributed by atoms with Gasteiger partial charge in [-0.1, -0.05) is 43.2 Å². The smallest absolute Gasteiger partial charge is 0.293 e. The number of halogens is 1. The molecule has 3 aromatic carbocycles. The van der Waals surface area contributed by atoms with E-state index in [1.54, 1.807) is 31.4 Å². The van der Waals surface area contributed by atoms with Crippen LogP contribution in [0.25, 0.3) is 16.6 Å². The van der Waals surface area contributed by atoms with Crippen molar-refractivity contribution < 1.29 is 27.1 Å². The molecule has 2 saturated heterocycles. The fourth-order valence-corrected chi connectivity index (χ4v) is 11.5. The number of hydrogen-bond donors (Lipinski definition) is 3. The number of sulfonamides is 1. The van der Waals surface area contributed by atoms with Gasteiger partial charge < -0.3 is 19.9 Å². The van der Waals surface area contributed by atoms with E-state index >= 15 is 0 Å². The molecule has 2 aromatic heterocycles. The Morgan fingerprint density at radius 3 is 2.48 bits per heavy atom. The van der Waals surface area contributed by atoms with E-state index < -0.39 is 41.2 Å². The number of nitro groups is 1. The van der Waals surface area contributed by atoms with Crippen LogP contribution in [-0.2, 0) is 19.8 Å². The average Bonchev–Trinajstić information content (AvgIpc) is 3.76. The summed E-state index contributed by atoms with van der Waals surface area (Å²) < 4.78 is 52.5. The maximum atomic E-state index is 14.0. The van der Waals surface area contributed by atoms with Crippen molar-refractivity contribution in [1.82, 2.24) is 24.5 Å². The molecular weight excluding hydrogens is 890 g/mol. The number of fused-ring (bicyclic) bond motifs is 1. The first kappa shape index (κ1) is 46.0. The summed E-state index contributed by atoms with van der Waals surface area (Å²) >= 11 is 6.24. The Hall–Kier alpha value is -5.53. The Bertz CT molecular complexity index is 2850. The van der Waals surface area contributed by atoms with Crippen LogP contribution in [-0.4, -0.2) is 121 Å². The predicted octanol–water partition coefficient (Wildman–Crippen LogP) is 7.65. The number of anilines is 2. The lowest BCUT2D eigenvalue weighted by Gasteiger charge is -2.39. The molecule has 5 aromatic rings. The summed E-state index contributed by atoms with van der Waals surface area (Å²) in [5.74, 6) is 0.403. The minimum atomic E-state index is -4.60. The molecule has 65 heavy (non-hydrogen) atoms. The van der Waals surface area contributed by atoms with Crippen LogP contribution in [0.5, 0.6) is 11.5 Å². The molecule has 0 saturated carbocycles. The van der Waals surface area contributed by atoms with E-state index in [4.69, 9.17) is 16.3 Å². The van der Waals surface area contributed by atoms with Crippen LogP contribution in [0.3, 0.4) is 0 Å². The molecule has 0 bridgehead atoms. The number of piperazine rings is 1. The molecule has 8 rings (SSSR count). The van der Waals surface area contributed by atoms with Crippen LogP contribution in [0.4, 0.5) is 17.1 Å². The van der Waals surface area contributed by atoms with Crippen molar-refractivity contribution >= 4 is 70.9 Å². The quantitative estimate of drug-likeness (QED) is 0.0728. The number of ether oxygens (including phenoxy) is 1. The number of hydrogen-bond acceptors (Lipinski definition) is 13. The number of amides is 1. The van der Waals surface area contributed by atoms with E-state index in [0.29, 0.717) is 62.2 Å². The summed E-state index contributed by atoms with van der Waals surface area (Å²) in [7, 11) is -5.20. The van der Waals surface area contributed by atoms with E-state index in [1.807, 2.05) is 18.2 Å². The summed E-state index contributed by atoms with van der Waals surface area (Å²) in [6.07, 6.45) is 6.44. The van der Waals surface area contributed by atoms with E-state index in [-0.39, 0.29) is 22.4 Å². The van der Waals surface area contributed by atoms with Crippen molar-refractivity contribution in [1.29, 1.82) is 0 Å². The number of aromatic amines is 1. The van der Waals surface area contributed by atoms with Crippen molar-refractivity contribution in [3.63, 3.8) is 0 Å². The Labute approximate surface area is 384 Å². The molecule has 1 aliphatic carbocycles. The molecule has 2 aliphatic heterocycles. The summed E-state index contributed by atoms with van der Waals surface area (Å²) in [6, 6.07) is 20.3. The number of carbonyl (C=O) groups excluding carboxylic acids is 1. The molecular formula is C46H54ClN9O7S2. The van der Waals surface area contributed by atoms with Crippen LogP contribution in [0.1, 0.15) is 49.0 Å². The van der Waals surface area contributed by atoms with Gasteiger partial charge in [0, 0.05) is 122 Å². The van der Waals surface area contributed by atoms with Crippen LogP contribution in [0.2, 0.25) is 5.02 Å². The van der Waals surface area contributed by atoms with E-state index in [1.165, 1.54) is 41.1 Å². The van der Waals surface area contributed by atoms with E-state index in [9.17, 15) is 27.5 Å². The van der Waals surface area contributed by atoms with Crippen LogP contribution < -0.4 is 19.7 Å². The molecule has 4 heterocycles. The molecule has 0 spiro atoms. The van der Waals surface area contributed by atoms with Gasteiger partial charge in [0.2, 0.25) is 0 Å². The van der Waals surface area contributed by atoms with Gasteiger partial charge in [0.15, 0.2) is 0 Å². The number of aromatic nitrogens is 2. The fourth-order valence-electron chi connectivity index (χ4n) is 8.71. The highest BCUT2D eigenvalue weighted by atomic mass is 35.5. The second-order valence-electron chi connectivity index (χ2n) is 17.6. The third kappa shape index (κ3) is 11.0. The summed E-state index contributed by atoms with van der Waals surface area (Å²) in [5.41, 5.74) is 5.36. The van der Waals surface area contributed by atoms with Gasteiger partial charge in [-0.2, -0.15) is 0 Å². The first-order valence-electron chi connectivity index (χ1n) is 21.7. The molecule has 16 nitrogen and oxygen atoms in total. The minimum absolute atomic E-state index is 0.0547. The number of nitrogens with one attached hydrogen (secondary N) is 3. The van der Waals surface area contributed by atoms with Gasteiger partial charge in [-0.15, -0.1) is 0 Å². The largest absolute Gasteiger partial charge is 0.455 e. The van der Waals surface area contributed by atoms with Crippen LogP contribution in [0, 0.1) is 15.5 Å². The van der Waals surface area contributed by atoms with Crippen molar-refractivity contribution in [3.8, 4) is 11.5 Å². The van der Waals surface area contributed by atoms with Crippen molar-refractivity contribution in [3.05, 3.63) is 117 Å². The molecule has 0 unspecified atom stereocenters. The van der Waals surface area contributed by atoms with Gasteiger partial charge in [0.25, 0.3) is 21.6 Å². The predicted molar refractivity (Wildman–Crippen MR) is 256 cm³/mol. The maximum absolute atomic E-state index is 14.0. The van der Waals surface area contributed by atoms with Gasteiger partial charge in [0.1, 0.15) is 22.8 Å². The molecule has 19 heteroatoms. The minimum Gasteiger partial charge on any atom is -0.455 e. The third-order valence-corrected chi connectivity index (χ3v) is 16.5. The number of H-pyrrole nitrogens is 1. The number of carbonyl (C=O) groups is 1. The summed E-state index contributed by atoms with van der Waals surface area (Å²) in [4.78, 5) is 39.2. The number of nitrogens with zero attached hydrogens (tertiary/aromatic N) is 6. The average molecular weight is 945 g/mol. The fraction of sp³-hybridized carbons (Fsp3) is 0.391. The SMILES string of the molecule is CN=S1(=O)CCN(CCNc2ccc(S(=O)(=O)NC(=O)c3ccc(N4CCN(CC5=C(c6ccc(Cl)cc6)CC(C)(C)CC5)CC4)cc3Oc3cnc4[nH]ccc4c3)cc2[N+](=O)[O-])CC1. The second-order valence-corrected chi connectivity index (χ2v) is 22.4. The molecule has 1 amide bonds. The maximum Gasteiger partial charge on any atom is 0.293 e. The topological polar surface area (TPSA) is 195 Å². The van der Waals surface area contributed by atoms with Gasteiger partial charge in [-0.25, -0.2) is 26.7 Å². The lowest BCUT2D eigenvalue weighted by Crippen LogP contribution is -2.47. The number of rotatable bonds is 14. The Morgan fingerprint density at radius 2 is 1.75 bits per heavy atom. The van der Waals surface area contributed by atoms with E-state index in [0.717, 1.165) is 61.1 Å². The highest BCUT2D eigenvalue weighted by Crippen LogP contribution is 2.43. The number of benzene rings is 3. The first-order valence-corrected chi connectivity index (χ1v) is 25.4. The van der Waals surface area contributed by atoms with Crippen LogP contribution >= 0.6 is 11.6 Å². The Kier molecular flexibility index (Phi) is 13.5. The first-order chi connectivity index (χ1) is 31.1. The highest BCUT2D eigenvalue weighted by molar-refractivity contribution is 7.93. The second kappa shape index (κ2) is 19.1. The van der Waals surface area contributed by atoms with Crippen molar-refractivity contribution in [2.45, 2.75) is 38.0 Å². The lowest BCUT2D eigenvalue weighted by atomic mass is 9.72. The third-order valence-electron chi connectivity index (χ3n) is 12.6. The zero-order chi connectivity index (χ0) is 45.9. The molecule has 0 atom stereocenters.